The minimum Gasteiger partial charge on any atom is -0.497 e. The molecule has 148 valence electrons. The summed E-state index contributed by atoms with van der Waals surface area (Å²) in [5.41, 5.74) is 3.68. The lowest BCUT2D eigenvalue weighted by molar-refractivity contribution is -0.116. The van der Waals surface area contributed by atoms with Crippen molar-refractivity contribution in [2.75, 3.05) is 19.5 Å². The van der Waals surface area contributed by atoms with Gasteiger partial charge in [0.15, 0.2) is 5.13 Å². The average molecular weight is 407 g/mol. The first kappa shape index (κ1) is 19.0. The quantitative estimate of drug-likeness (QED) is 0.502. The normalized spacial score (nSPS) is 10.9. The van der Waals surface area contributed by atoms with Crippen LogP contribution in [0.15, 0.2) is 53.9 Å². The van der Waals surface area contributed by atoms with E-state index in [1.165, 1.54) is 11.3 Å². The van der Waals surface area contributed by atoms with Crippen molar-refractivity contribution in [1.29, 1.82) is 0 Å². The third-order valence-electron chi connectivity index (χ3n) is 4.75. The molecule has 2 aromatic heterocycles. The van der Waals surface area contributed by atoms with E-state index in [0.717, 1.165) is 27.9 Å². The number of benzene rings is 2. The van der Waals surface area contributed by atoms with Crippen LogP contribution in [-0.4, -0.2) is 29.7 Å². The Balaban J connectivity index is 1.52. The molecule has 0 fully saturated rings. The van der Waals surface area contributed by atoms with Crippen LogP contribution in [0.1, 0.15) is 5.69 Å². The molecule has 0 aliphatic heterocycles. The maximum Gasteiger partial charge on any atom is 0.246 e. The van der Waals surface area contributed by atoms with Crippen LogP contribution in [0.5, 0.6) is 11.5 Å². The van der Waals surface area contributed by atoms with E-state index < -0.39 is 0 Å². The van der Waals surface area contributed by atoms with Crippen molar-refractivity contribution in [3.63, 3.8) is 0 Å². The molecular formula is C22H21N3O3S. The summed E-state index contributed by atoms with van der Waals surface area (Å²) in [6.07, 6.45) is 0. The van der Waals surface area contributed by atoms with Crippen LogP contribution in [0.2, 0.25) is 0 Å². The van der Waals surface area contributed by atoms with Gasteiger partial charge in [-0.15, -0.1) is 11.3 Å². The first-order valence-corrected chi connectivity index (χ1v) is 9.99. The van der Waals surface area contributed by atoms with Crippen LogP contribution in [-0.2, 0) is 11.3 Å². The molecule has 0 saturated carbocycles. The molecule has 0 aliphatic carbocycles. The fourth-order valence-corrected chi connectivity index (χ4v) is 4.05. The van der Waals surface area contributed by atoms with Crippen LogP contribution in [0.3, 0.4) is 0 Å². The third kappa shape index (κ3) is 3.82. The van der Waals surface area contributed by atoms with Gasteiger partial charge in [0.05, 0.1) is 19.9 Å². The Hall–Kier alpha value is -3.32. The number of hydrogen-bond donors (Lipinski definition) is 1. The van der Waals surface area contributed by atoms with Crippen LogP contribution < -0.4 is 14.8 Å². The first-order valence-electron chi connectivity index (χ1n) is 9.11. The zero-order valence-electron chi connectivity index (χ0n) is 16.4. The topological polar surface area (TPSA) is 65.4 Å². The summed E-state index contributed by atoms with van der Waals surface area (Å²) in [6, 6.07) is 15.7. The van der Waals surface area contributed by atoms with E-state index in [-0.39, 0.29) is 12.5 Å². The molecule has 1 N–H and O–H groups in total. The minimum absolute atomic E-state index is 0.114. The Labute approximate surface area is 172 Å². The van der Waals surface area contributed by atoms with Gasteiger partial charge in [-0.25, -0.2) is 4.98 Å². The second-order valence-corrected chi connectivity index (χ2v) is 7.44. The van der Waals surface area contributed by atoms with E-state index in [4.69, 9.17) is 9.47 Å². The number of thiazole rings is 1. The van der Waals surface area contributed by atoms with Gasteiger partial charge in [-0.3, -0.25) is 4.79 Å². The number of ether oxygens (including phenoxy) is 2. The number of aromatic nitrogens is 2. The molecule has 0 bridgehead atoms. The van der Waals surface area contributed by atoms with E-state index in [9.17, 15) is 4.79 Å². The fraction of sp³-hybridized carbons (Fsp3) is 0.182. The maximum atomic E-state index is 12.6. The molecule has 0 saturated heterocycles. The number of nitrogens with one attached hydrogen (secondary N) is 1. The van der Waals surface area contributed by atoms with Crippen molar-refractivity contribution in [2.45, 2.75) is 13.5 Å². The molecule has 2 aromatic carbocycles. The molecular weight excluding hydrogens is 386 g/mol. The highest BCUT2D eigenvalue weighted by molar-refractivity contribution is 7.14. The highest BCUT2D eigenvalue weighted by Gasteiger charge is 2.14. The summed E-state index contributed by atoms with van der Waals surface area (Å²) in [5.74, 6) is 1.27. The Morgan fingerprint density at radius 1 is 1.14 bits per heavy atom. The van der Waals surface area contributed by atoms with Crippen LogP contribution >= 0.6 is 11.3 Å². The molecule has 1 amide bonds. The summed E-state index contributed by atoms with van der Waals surface area (Å²) in [4.78, 5) is 17.2. The van der Waals surface area contributed by atoms with E-state index in [0.29, 0.717) is 16.6 Å². The van der Waals surface area contributed by atoms with Gasteiger partial charge in [-0.2, -0.15) is 0 Å². The van der Waals surface area contributed by atoms with Crippen LogP contribution in [0.25, 0.3) is 22.2 Å². The van der Waals surface area contributed by atoms with E-state index in [1.54, 1.807) is 14.2 Å². The lowest BCUT2D eigenvalue weighted by atomic mass is 10.1. The third-order valence-corrected chi connectivity index (χ3v) is 5.51. The van der Waals surface area contributed by atoms with Crippen LogP contribution in [0.4, 0.5) is 5.13 Å². The highest BCUT2D eigenvalue weighted by atomic mass is 32.1. The number of nitrogens with zero attached hydrogens (tertiary/aromatic N) is 2. The number of rotatable bonds is 6. The Bertz CT molecular complexity index is 1180. The second-order valence-electron chi connectivity index (χ2n) is 6.58. The first-order chi connectivity index (χ1) is 14.1. The monoisotopic (exact) mass is 407 g/mol. The van der Waals surface area contributed by atoms with Crippen molar-refractivity contribution < 1.29 is 14.3 Å². The van der Waals surface area contributed by atoms with Gasteiger partial charge in [-0.05, 0) is 36.6 Å². The molecule has 6 nitrogen and oxygen atoms in total. The van der Waals surface area contributed by atoms with Gasteiger partial charge < -0.3 is 19.4 Å². The number of carbonyl (C=O) groups excluding carboxylic acids is 1. The fourth-order valence-electron chi connectivity index (χ4n) is 3.33. The Morgan fingerprint density at radius 3 is 2.76 bits per heavy atom. The van der Waals surface area contributed by atoms with Crippen molar-refractivity contribution >= 4 is 33.3 Å². The molecule has 29 heavy (non-hydrogen) atoms. The standard InChI is InChI=1S/C22H21N3O3S/c1-14-10-15-6-4-5-7-19(15)25(14)12-21(26)24-22-23-18(13-29-22)17-9-8-16(27-2)11-20(17)28-3/h4-11,13H,12H2,1-3H3,(H,23,24,26). The van der Waals surface area contributed by atoms with Crippen molar-refractivity contribution in [1.82, 2.24) is 9.55 Å². The highest BCUT2D eigenvalue weighted by Crippen LogP contribution is 2.34. The largest absolute Gasteiger partial charge is 0.497 e. The van der Waals surface area contributed by atoms with Crippen molar-refractivity contribution in [3.05, 3.63) is 59.6 Å². The van der Waals surface area contributed by atoms with Crippen molar-refractivity contribution in [2.24, 2.45) is 0 Å². The number of fused-ring (bicyclic) bond motifs is 1. The van der Waals surface area contributed by atoms with Gasteiger partial charge in [0, 0.05) is 28.2 Å². The number of methoxy groups -OCH3 is 2. The summed E-state index contributed by atoms with van der Waals surface area (Å²) in [7, 11) is 3.22. The van der Waals surface area contributed by atoms with Gasteiger partial charge in [0.2, 0.25) is 5.91 Å². The molecule has 0 unspecified atom stereocenters. The number of carbonyl (C=O) groups is 1. The lowest BCUT2D eigenvalue weighted by Crippen LogP contribution is -2.19. The van der Waals surface area contributed by atoms with Gasteiger partial charge in [0.1, 0.15) is 18.0 Å². The summed E-state index contributed by atoms with van der Waals surface area (Å²) in [6.45, 7) is 2.24. The molecule has 0 atom stereocenters. The lowest BCUT2D eigenvalue weighted by Gasteiger charge is -2.09. The Morgan fingerprint density at radius 2 is 1.97 bits per heavy atom. The van der Waals surface area contributed by atoms with E-state index in [2.05, 4.69) is 16.4 Å². The number of amides is 1. The van der Waals surface area contributed by atoms with E-state index >= 15 is 0 Å². The van der Waals surface area contributed by atoms with Gasteiger partial charge in [0.25, 0.3) is 0 Å². The van der Waals surface area contributed by atoms with Crippen LogP contribution in [0, 0.1) is 6.92 Å². The van der Waals surface area contributed by atoms with Gasteiger partial charge in [-0.1, -0.05) is 18.2 Å². The second kappa shape index (κ2) is 7.97. The number of aryl methyl sites for hydroxylation is 1. The SMILES string of the molecule is COc1ccc(-c2csc(NC(=O)Cn3c(C)cc4ccccc43)n2)c(OC)c1. The van der Waals surface area contributed by atoms with Gasteiger partial charge >= 0.3 is 0 Å². The molecule has 7 heteroatoms. The summed E-state index contributed by atoms with van der Waals surface area (Å²) < 4.78 is 12.7. The summed E-state index contributed by atoms with van der Waals surface area (Å²) in [5, 5.41) is 6.48. The summed E-state index contributed by atoms with van der Waals surface area (Å²) >= 11 is 1.38. The zero-order valence-corrected chi connectivity index (χ0v) is 17.2. The maximum absolute atomic E-state index is 12.6. The minimum atomic E-state index is -0.114. The predicted molar refractivity (Wildman–Crippen MR) is 116 cm³/mol. The number of anilines is 1. The molecule has 4 rings (SSSR count). The molecule has 0 spiro atoms. The number of hydrogen-bond acceptors (Lipinski definition) is 5. The number of para-hydroxylation sites is 1. The van der Waals surface area contributed by atoms with E-state index in [1.807, 2.05) is 59.3 Å². The molecule has 0 radical (unpaired) electrons. The molecule has 4 aromatic rings. The Kier molecular flexibility index (Phi) is 5.22. The molecule has 0 aliphatic rings. The van der Waals surface area contributed by atoms with Crippen molar-refractivity contribution in [3.8, 4) is 22.8 Å². The molecule has 2 heterocycles. The average Bonchev–Trinajstić information content (AvgIpc) is 3.32. The zero-order chi connectivity index (χ0) is 20.4. The smallest absolute Gasteiger partial charge is 0.246 e. The predicted octanol–water partition coefficient (Wildman–Crippen LogP) is 4.73.